The minimum Gasteiger partial charge on any atom is -0.384 e. The molecule has 21 heavy (non-hydrogen) atoms. The molecule has 0 aromatic carbocycles. The maximum Gasteiger partial charge on any atom is 0.416 e. The molecule has 118 valence electrons. The van der Waals surface area contributed by atoms with Crippen LogP contribution in [0.5, 0.6) is 0 Å². The van der Waals surface area contributed by atoms with Crippen molar-refractivity contribution in [3.63, 3.8) is 0 Å². The van der Waals surface area contributed by atoms with Gasteiger partial charge in [0.15, 0.2) is 0 Å². The Kier molecular flexibility index (Phi) is 4.32. The number of pyridine rings is 1. The van der Waals surface area contributed by atoms with Gasteiger partial charge in [0.1, 0.15) is 11.6 Å². The molecule has 1 aromatic heterocycles. The average molecular weight is 302 g/mol. The van der Waals surface area contributed by atoms with E-state index in [0.717, 1.165) is 38.1 Å². The van der Waals surface area contributed by atoms with Crippen LogP contribution in [0.4, 0.5) is 24.8 Å². The molecule has 1 fully saturated rings. The number of piperidine rings is 1. The van der Waals surface area contributed by atoms with E-state index in [-0.39, 0.29) is 17.1 Å². The standard InChI is InChI=1S/C14H21F3N4/c1-13(3-5-21(2)6-4-13)9-19-12-8-10(14(15,16)17)7-11(18)20-12/h7-8H,3-6,9H2,1-2H3,(H3,18,19,20). The molecule has 0 unspecified atom stereocenters. The molecular formula is C14H21F3N4. The van der Waals surface area contributed by atoms with Gasteiger partial charge in [0, 0.05) is 6.54 Å². The van der Waals surface area contributed by atoms with Crippen LogP contribution in [0.1, 0.15) is 25.3 Å². The fourth-order valence-corrected chi connectivity index (χ4v) is 2.45. The predicted octanol–water partition coefficient (Wildman–Crippen LogP) is 2.83. The fourth-order valence-electron chi connectivity index (χ4n) is 2.45. The molecule has 1 saturated heterocycles. The summed E-state index contributed by atoms with van der Waals surface area (Å²) in [7, 11) is 2.07. The molecule has 0 spiro atoms. The first-order valence-corrected chi connectivity index (χ1v) is 6.95. The zero-order valence-electron chi connectivity index (χ0n) is 12.3. The van der Waals surface area contributed by atoms with Gasteiger partial charge in [0.05, 0.1) is 5.56 Å². The van der Waals surface area contributed by atoms with Crippen LogP contribution in [-0.2, 0) is 6.18 Å². The number of aromatic nitrogens is 1. The Labute approximate surface area is 122 Å². The van der Waals surface area contributed by atoms with Gasteiger partial charge >= 0.3 is 6.18 Å². The SMILES string of the molecule is CN1CCC(C)(CNc2cc(C(F)(F)F)cc(N)n2)CC1. The smallest absolute Gasteiger partial charge is 0.384 e. The van der Waals surface area contributed by atoms with Gasteiger partial charge in [-0.1, -0.05) is 6.92 Å². The van der Waals surface area contributed by atoms with Gasteiger partial charge in [-0.3, -0.25) is 0 Å². The molecule has 0 bridgehead atoms. The third-order valence-electron chi connectivity index (χ3n) is 4.06. The third-order valence-corrected chi connectivity index (χ3v) is 4.06. The van der Waals surface area contributed by atoms with Crippen LogP contribution in [0.25, 0.3) is 0 Å². The summed E-state index contributed by atoms with van der Waals surface area (Å²) in [6.07, 6.45) is -2.40. The van der Waals surface area contributed by atoms with E-state index >= 15 is 0 Å². The van der Waals surface area contributed by atoms with Gasteiger partial charge in [0.25, 0.3) is 0 Å². The number of halogens is 3. The molecule has 0 saturated carbocycles. The Hall–Kier alpha value is -1.50. The zero-order chi connectivity index (χ0) is 15.7. The average Bonchev–Trinajstić information content (AvgIpc) is 2.39. The highest BCUT2D eigenvalue weighted by atomic mass is 19.4. The highest BCUT2D eigenvalue weighted by molar-refractivity contribution is 5.47. The first-order chi connectivity index (χ1) is 9.68. The summed E-state index contributed by atoms with van der Waals surface area (Å²) in [5, 5.41) is 3.01. The van der Waals surface area contributed by atoms with Crippen LogP contribution in [0.15, 0.2) is 12.1 Å². The van der Waals surface area contributed by atoms with Crippen LogP contribution in [0, 0.1) is 5.41 Å². The topological polar surface area (TPSA) is 54.2 Å². The van der Waals surface area contributed by atoms with Crippen molar-refractivity contribution < 1.29 is 13.2 Å². The molecule has 3 N–H and O–H groups in total. The van der Waals surface area contributed by atoms with Gasteiger partial charge in [0.2, 0.25) is 0 Å². The van der Waals surface area contributed by atoms with E-state index in [1.807, 2.05) is 0 Å². The van der Waals surface area contributed by atoms with Gasteiger partial charge in [-0.15, -0.1) is 0 Å². The lowest BCUT2D eigenvalue weighted by atomic mass is 9.80. The van der Waals surface area contributed by atoms with Crippen molar-refractivity contribution in [1.82, 2.24) is 9.88 Å². The number of alkyl halides is 3. The molecule has 1 aromatic rings. The van der Waals surface area contributed by atoms with E-state index in [2.05, 4.69) is 29.2 Å². The summed E-state index contributed by atoms with van der Waals surface area (Å²) in [5.74, 6) is 0.0586. The minimum atomic E-state index is -4.41. The van der Waals surface area contributed by atoms with Crippen LogP contribution >= 0.6 is 0 Å². The number of anilines is 2. The van der Waals surface area contributed by atoms with Gasteiger partial charge in [-0.25, -0.2) is 4.98 Å². The fraction of sp³-hybridized carbons (Fsp3) is 0.643. The molecule has 0 aliphatic carbocycles. The van der Waals surface area contributed by atoms with Crippen LogP contribution < -0.4 is 11.1 Å². The molecule has 2 rings (SSSR count). The molecule has 4 nitrogen and oxygen atoms in total. The second-order valence-electron chi connectivity index (χ2n) is 6.13. The van der Waals surface area contributed by atoms with E-state index in [4.69, 9.17) is 5.73 Å². The third kappa shape index (κ3) is 4.23. The number of hydrogen-bond acceptors (Lipinski definition) is 4. The summed E-state index contributed by atoms with van der Waals surface area (Å²) in [6.45, 7) is 4.73. The lowest BCUT2D eigenvalue weighted by molar-refractivity contribution is -0.137. The lowest BCUT2D eigenvalue weighted by Crippen LogP contribution is -2.40. The van der Waals surface area contributed by atoms with Crippen molar-refractivity contribution >= 4 is 11.6 Å². The Morgan fingerprint density at radius 2 is 1.95 bits per heavy atom. The molecule has 0 atom stereocenters. The number of hydrogen-bond donors (Lipinski definition) is 2. The second kappa shape index (κ2) is 5.71. The molecule has 0 amide bonds. The minimum absolute atomic E-state index is 0.0667. The predicted molar refractivity (Wildman–Crippen MR) is 77.0 cm³/mol. The Bertz CT molecular complexity index is 493. The van der Waals surface area contributed by atoms with Crippen molar-refractivity contribution in [3.05, 3.63) is 17.7 Å². The lowest BCUT2D eigenvalue weighted by Gasteiger charge is -2.38. The number of nitrogens with zero attached hydrogens (tertiary/aromatic N) is 2. The number of nitrogen functional groups attached to an aromatic ring is 1. The first-order valence-electron chi connectivity index (χ1n) is 6.95. The first kappa shape index (κ1) is 15.9. The normalized spacial score (nSPS) is 19.5. The number of likely N-dealkylation sites (tertiary alicyclic amines) is 1. The Balaban J connectivity index is 2.05. The van der Waals surface area contributed by atoms with Gasteiger partial charge in [-0.2, -0.15) is 13.2 Å². The van der Waals surface area contributed by atoms with Crippen molar-refractivity contribution in [2.75, 3.05) is 37.7 Å². The highest BCUT2D eigenvalue weighted by Gasteiger charge is 2.32. The van der Waals surface area contributed by atoms with Gasteiger partial charge < -0.3 is 16.0 Å². The van der Waals surface area contributed by atoms with Crippen LogP contribution in [-0.4, -0.2) is 36.6 Å². The Morgan fingerprint density at radius 1 is 1.33 bits per heavy atom. The molecular weight excluding hydrogens is 281 g/mol. The van der Waals surface area contributed by atoms with E-state index in [1.165, 1.54) is 0 Å². The number of rotatable bonds is 3. The van der Waals surface area contributed by atoms with Crippen molar-refractivity contribution in [3.8, 4) is 0 Å². The molecule has 1 aliphatic rings. The second-order valence-corrected chi connectivity index (χ2v) is 6.13. The molecule has 7 heteroatoms. The van der Waals surface area contributed by atoms with Crippen LogP contribution in [0.3, 0.4) is 0 Å². The van der Waals surface area contributed by atoms with E-state index < -0.39 is 11.7 Å². The summed E-state index contributed by atoms with van der Waals surface area (Å²) in [4.78, 5) is 6.19. The monoisotopic (exact) mass is 302 g/mol. The van der Waals surface area contributed by atoms with Crippen molar-refractivity contribution in [1.29, 1.82) is 0 Å². The zero-order valence-corrected chi connectivity index (χ0v) is 12.3. The van der Waals surface area contributed by atoms with E-state index in [9.17, 15) is 13.2 Å². The largest absolute Gasteiger partial charge is 0.416 e. The molecule has 1 aliphatic heterocycles. The van der Waals surface area contributed by atoms with Crippen molar-refractivity contribution in [2.24, 2.45) is 5.41 Å². The van der Waals surface area contributed by atoms with Crippen LogP contribution in [0.2, 0.25) is 0 Å². The maximum atomic E-state index is 12.7. The number of nitrogens with two attached hydrogens (primary N) is 1. The summed E-state index contributed by atoms with van der Waals surface area (Å²) >= 11 is 0. The van der Waals surface area contributed by atoms with E-state index in [0.29, 0.717) is 6.54 Å². The highest BCUT2D eigenvalue weighted by Crippen LogP contribution is 2.33. The number of nitrogens with one attached hydrogen (secondary N) is 1. The summed E-state index contributed by atoms with van der Waals surface area (Å²) in [5.41, 5.74) is 4.75. The summed E-state index contributed by atoms with van der Waals surface area (Å²) in [6, 6.07) is 1.86. The van der Waals surface area contributed by atoms with Crippen molar-refractivity contribution in [2.45, 2.75) is 25.9 Å². The maximum absolute atomic E-state index is 12.7. The van der Waals surface area contributed by atoms with Gasteiger partial charge in [-0.05, 0) is 50.5 Å². The quantitative estimate of drug-likeness (QED) is 0.901. The molecule has 0 radical (unpaired) electrons. The van der Waals surface area contributed by atoms with E-state index in [1.54, 1.807) is 0 Å². The summed E-state index contributed by atoms with van der Waals surface area (Å²) < 4.78 is 38.2. The Morgan fingerprint density at radius 3 is 2.52 bits per heavy atom. The molecule has 2 heterocycles.